The van der Waals surface area contributed by atoms with Crippen molar-refractivity contribution in [1.29, 1.82) is 0 Å². The van der Waals surface area contributed by atoms with Gasteiger partial charge in [-0.25, -0.2) is 0 Å². The van der Waals surface area contributed by atoms with Gasteiger partial charge >= 0.3 is 0 Å². The molecule has 0 amide bonds. The van der Waals surface area contributed by atoms with E-state index in [4.69, 9.17) is 0 Å². The summed E-state index contributed by atoms with van der Waals surface area (Å²) in [5.74, 6) is 0. The van der Waals surface area contributed by atoms with Gasteiger partial charge in [-0.05, 0) is 59.1 Å². The molecule has 0 saturated heterocycles. The standard InChI is InChI=1S/C20H22S3/c1-5-15-17(21-7-3)11-9-13-19(15)23-20-14-10-12-18(22-8-4)16(20)6-2/h7-14H,3-6H2,1-2H3. The van der Waals surface area contributed by atoms with E-state index in [2.05, 4.69) is 63.4 Å². The zero-order valence-corrected chi connectivity index (χ0v) is 16.1. The summed E-state index contributed by atoms with van der Waals surface area (Å²) in [4.78, 5) is 5.30. The van der Waals surface area contributed by atoms with Crippen LogP contribution in [0.15, 0.2) is 80.0 Å². The molecule has 2 rings (SSSR count). The molecular weight excluding hydrogens is 336 g/mol. The second-order valence-electron chi connectivity index (χ2n) is 4.84. The number of benzene rings is 2. The lowest BCUT2D eigenvalue weighted by atomic mass is 10.2. The topological polar surface area (TPSA) is 0 Å². The molecule has 0 atom stereocenters. The molecule has 0 saturated carbocycles. The Kier molecular flexibility index (Phi) is 7.41. The van der Waals surface area contributed by atoms with Crippen LogP contribution in [0.2, 0.25) is 0 Å². The summed E-state index contributed by atoms with van der Waals surface area (Å²) in [6, 6.07) is 13.1. The Balaban J connectivity index is 2.43. The van der Waals surface area contributed by atoms with Gasteiger partial charge < -0.3 is 0 Å². The summed E-state index contributed by atoms with van der Waals surface area (Å²) in [6.45, 7) is 12.1. The Morgan fingerprint density at radius 3 is 1.48 bits per heavy atom. The molecule has 2 aromatic carbocycles. The van der Waals surface area contributed by atoms with Crippen LogP contribution < -0.4 is 0 Å². The Labute approximate surface area is 152 Å². The minimum absolute atomic E-state index is 1.03. The minimum Gasteiger partial charge on any atom is -0.0984 e. The first-order chi connectivity index (χ1) is 11.2. The SMILES string of the molecule is C=CSc1cccc(Sc2cccc(SC=C)c2CC)c1CC. The van der Waals surface area contributed by atoms with E-state index in [9.17, 15) is 0 Å². The molecular formula is C20H22S3. The summed E-state index contributed by atoms with van der Waals surface area (Å²) in [6.07, 6.45) is 2.06. The van der Waals surface area contributed by atoms with E-state index < -0.39 is 0 Å². The van der Waals surface area contributed by atoms with Crippen LogP contribution in [0.25, 0.3) is 0 Å². The summed E-state index contributed by atoms with van der Waals surface area (Å²) in [5, 5.41) is 3.81. The van der Waals surface area contributed by atoms with Gasteiger partial charge in [0.15, 0.2) is 0 Å². The molecule has 23 heavy (non-hydrogen) atoms. The highest BCUT2D eigenvalue weighted by Crippen LogP contribution is 2.39. The molecule has 2 aromatic rings. The third-order valence-electron chi connectivity index (χ3n) is 3.53. The van der Waals surface area contributed by atoms with Crippen molar-refractivity contribution < 1.29 is 0 Å². The van der Waals surface area contributed by atoms with E-state index in [0.29, 0.717) is 0 Å². The van der Waals surface area contributed by atoms with Gasteiger partial charge in [-0.3, -0.25) is 0 Å². The normalized spacial score (nSPS) is 10.5. The predicted octanol–water partition coefficient (Wildman–Crippen LogP) is 7.43. The second-order valence-corrected chi connectivity index (χ2v) is 7.95. The Morgan fingerprint density at radius 2 is 1.13 bits per heavy atom. The first kappa shape index (κ1) is 18.3. The van der Waals surface area contributed by atoms with E-state index in [-0.39, 0.29) is 0 Å². The number of hydrogen-bond acceptors (Lipinski definition) is 3. The zero-order chi connectivity index (χ0) is 16.7. The molecule has 0 aromatic heterocycles. The van der Waals surface area contributed by atoms with Gasteiger partial charge in [-0.2, -0.15) is 0 Å². The molecule has 0 spiro atoms. The molecule has 0 aliphatic carbocycles. The number of hydrogen-bond donors (Lipinski definition) is 0. The van der Waals surface area contributed by atoms with E-state index in [1.165, 1.54) is 30.7 Å². The number of rotatable bonds is 8. The van der Waals surface area contributed by atoms with Crippen molar-refractivity contribution in [2.24, 2.45) is 0 Å². The highest BCUT2D eigenvalue weighted by Gasteiger charge is 2.12. The van der Waals surface area contributed by atoms with Gasteiger partial charge in [0.05, 0.1) is 0 Å². The van der Waals surface area contributed by atoms with Crippen LogP contribution in [0, 0.1) is 0 Å². The molecule has 0 bridgehead atoms. The Hall–Kier alpha value is -1.03. The molecule has 0 nitrogen and oxygen atoms in total. The van der Waals surface area contributed by atoms with Crippen LogP contribution in [0.5, 0.6) is 0 Å². The molecule has 0 heterocycles. The fourth-order valence-electron chi connectivity index (χ4n) is 2.50. The average molecular weight is 359 g/mol. The van der Waals surface area contributed by atoms with E-state index in [1.807, 2.05) is 22.6 Å². The van der Waals surface area contributed by atoms with Crippen molar-refractivity contribution >= 4 is 35.3 Å². The van der Waals surface area contributed by atoms with Crippen LogP contribution in [0.4, 0.5) is 0 Å². The maximum Gasteiger partial charge on any atom is 0.0165 e. The minimum atomic E-state index is 1.03. The quantitative estimate of drug-likeness (QED) is 0.450. The molecule has 0 radical (unpaired) electrons. The number of thioether (sulfide) groups is 2. The molecule has 0 aliphatic heterocycles. The van der Waals surface area contributed by atoms with Gasteiger partial charge in [-0.1, -0.05) is 74.4 Å². The smallest absolute Gasteiger partial charge is 0.0165 e. The van der Waals surface area contributed by atoms with Crippen LogP contribution in [0.3, 0.4) is 0 Å². The zero-order valence-electron chi connectivity index (χ0n) is 13.7. The largest absolute Gasteiger partial charge is 0.0984 e. The van der Waals surface area contributed by atoms with Crippen molar-refractivity contribution in [1.82, 2.24) is 0 Å². The van der Waals surface area contributed by atoms with Crippen molar-refractivity contribution in [2.75, 3.05) is 0 Å². The van der Waals surface area contributed by atoms with Crippen LogP contribution >= 0.6 is 35.3 Å². The summed E-state index contributed by atoms with van der Waals surface area (Å²) in [5.41, 5.74) is 2.82. The molecule has 0 fully saturated rings. The Morgan fingerprint density at radius 1 is 0.739 bits per heavy atom. The van der Waals surface area contributed by atoms with Gasteiger partial charge in [0, 0.05) is 19.6 Å². The molecule has 0 N–H and O–H groups in total. The first-order valence-corrected chi connectivity index (χ1v) is 10.3. The third kappa shape index (κ3) is 4.50. The van der Waals surface area contributed by atoms with Crippen molar-refractivity contribution in [2.45, 2.75) is 46.3 Å². The van der Waals surface area contributed by atoms with E-state index in [0.717, 1.165) is 12.8 Å². The van der Waals surface area contributed by atoms with Gasteiger partial charge in [-0.15, -0.1) is 0 Å². The predicted molar refractivity (Wildman–Crippen MR) is 108 cm³/mol. The first-order valence-electron chi connectivity index (χ1n) is 7.71. The highest BCUT2D eigenvalue weighted by molar-refractivity contribution is 8.02. The fraction of sp³-hybridized carbons (Fsp3) is 0.200. The van der Waals surface area contributed by atoms with Gasteiger partial charge in [0.25, 0.3) is 0 Å². The van der Waals surface area contributed by atoms with Crippen molar-refractivity contribution in [3.05, 3.63) is 71.5 Å². The lowest BCUT2D eigenvalue weighted by molar-refractivity contribution is 1.01. The lowest BCUT2D eigenvalue weighted by Crippen LogP contribution is -1.92. The molecule has 120 valence electrons. The molecule has 0 aliphatic rings. The maximum atomic E-state index is 3.85. The monoisotopic (exact) mass is 358 g/mol. The Bertz CT molecular complexity index is 630. The van der Waals surface area contributed by atoms with Crippen molar-refractivity contribution in [3.63, 3.8) is 0 Å². The third-order valence-corrected chi connectivity index (χ3v) is 6.34. The molecule has 0 unspecified atom stereocenters. The van der Waals surface area contributed by atoms with Crippen LogP contribution in [-0.4, -0.2) is 0 Å². The van der Waals surface area contributed by atoms with Crippen LogP contribution in [-0.2, 0) is 12.8 Å². The van der Waals surface area contributed by atoms with Gasteiger partial charge in [0.2, 0.25) is 0 Å². The summed E-state index contributed by atoms with van der Waals surface area (Å²) >= 11 is 5.29. The highest BCUT2D eigenvalue weighted by atomic mass is 32.2. The maximum absolute atomic E-state index is 3.85. The van der Waals surface area contributed by atoms with E-state index >= 15 is 0 Å². The molecule has 3 heteroatoms. The van der Waals surface area contributed by atoms with Gasteiger partial charge in [0.1, 0.15) is 0 Å². The average Bonchev–Trinajstić information content (AvgIpc) is 2.56. The second kappa shape index (κ2) is 9.31. The summed E-state index contributed by atoms with van der Waals surface area (Å²) in [7, 11) is 0. The summed E-state index contributed by atoms with van der Waals surface area (Å²) < 4.78 is 0. The van der Waals surface area contributed by atoms with Crippen LogP contribution in [0.1, 0.15) is 25.0 Å². The van der Waals surface area contributed by atoms with Crippen molar-refractivity contribution in [3.8, 4) is 0 Å². The lowest BCUT2D eigenvalue weighted by Gasteiger charge is -2.15. The fourth-order valence-corrected chi connectivity index (χ4v) is 5.38. The van der Waals surface area contributed by atoms with E-state index in [1.54, 1.807) is 23.5 Å².